The number of halogens is 2. The molecule has 1 N–H and O–H groups in total. The highest BCUT2D eigenvalue weighted by molar-refractivity contribution is 7.99. The minimum atomic E-state index is 0.114. The van der Waals surface area contributed by atoms with Gasteiger partial charge in [0.25, 0.3) is 0 Å². The Balaban J connectivity index is 1.94. The molecule has 4 nitrogen and oxygen atoms in total. The van der Waals surface area contributed by atoms with E-state index < -0.39 is 0 Å². The maximum absolute atomic E-state index is 5.82. The van der Waals surface area contributed by atoms with Crippen molar-refractivity contribution in [3.63, 3.8) is 0 Å². The van der Waals surface area contributed by atoms with Crippen LogP contribution in [0.25, 0.3) is 0 Å². The van der Waals surface area contributed by atoms with E-state index in [9.17, 15) is 0 Å². The van der Waals surface area contributed by atoms with Gasteiger partial charge >= 0.3 is 0 Å². The van der Waals surface area contributed by atoms with Crippen molar-refractivity contribution < 1.29 is 0 Å². The third kappa shape index (κ3) is 3.09. The fraction of sp³-hybridized carbons (Fsp3) is 0.625. The molecule has 0 aliphatic carbocycles. The highest BCUT2D eigenvalue weighted by atomic mass is 35.5. The summed E-state index contributed by atoms with van der Waals surface area (Å²) in [4.78, 5) is 3.98. The summed E-state index contributed by atoms with van der Waals surface area (Å²) in [6.45, 7) is 0.863. The van der Waals surface area contributed by atoms with Gasteiger partial charge in [-0.3, -0.25) is 0 Å². The number of anilines is 1. The largest absolute Gasteiger partial charge is 0.367 e. The van der Waals surface area contributed by atoms with Crippen molar-refractivity contribution in [3.05, 3.63) is 10.4 Å². The first-order valence-electron chi connectivity index (χ1n) is 4.63. The lowest BCUT2D eigenvalue weighted by Gasteiger charge is -2.10. The third-order valence-electron chi connectivity index (χ3n) is 2.20. The van der Waals surface area contributed by atoms with E-state index >= 15 is 0 Å². The van der Waals surface area contributed by atoms with Crippen LogP contribution in [0.4, 0.5) is 5.82 Å². The summed E-state index contributed by atoms with van der Waals surface area (Å²) >= 11 is 13.4. The van der Waals surface area contributed by atoms with Crippen molar-refractivity contribution in [2.24, 2.45) is 5.92 Å². The van der Waals surface area contributed by atoms with Gasteiger partial charge in [-0.15, -0.1) is 10.2 Å². The number of hydrogen-bond acceptors (Lipinski definition) is 5. The first-order valence-corrected chi connectivity index (χ1v) is 6.54. The molecule has 2 heterocycles. The van der Waals surface area contributed by atoms with Gasteiger partial charge in [0.05, 0.1) is 0 Å². The van der Waals surface area contributed by atoms with Gasteiger partial charge in [0.15, 0.2) is 11.0 Å². The number of rotatable bonds is 3. The standard InChI is InChI=1S/C8H10Cl2N4S/c9-6-7(12-8(10)14-13-6)11-3-5-1-2-15-4-5/h5H,1-4H2,(H,11,12,14). The van der Waals surface area contributed by atoms with E-state index in [2.05, 4.69) is 20.5 Å². The molecule has 1 fully saturated rings. The van der Waals surface area contributed by atoms with Crippen LogP contribution in [-0.4, -0.2) is 33.2 Å². The number of nitrogens with one attached hydrogen (secondary N) is 1. The van der Waals surface area contributed by atoms with E-state index in [4.69, 9.17) is 23.2 Å². The smallest absolute Gasteiger partial charge is 0.245 e. The second kappa shape index (κ2) is 5.18. The Morgan fingerprint density at radius 1 is 1.40 bits per heavy atom. The lowest BCUT2D eigenvalue weighted by molar-refractivity contribution is 0.630. The van der Waals surface area contributed by atoms with Crippen LogP contribution in [-0.2, 0) is 0 Å². The first kappa shape index (κ1) is 11.2. The molecule has 0 spiro atoms. The zero-order valence-corrected chi connectivity index (χ0v) is 10.2. The molecule has 1 unspecified atom stereocenters. The summed E-state index contributed by atoms with van der Waals surface area (Å²) in [5, 5.41) is 10.8. The van der Waals surface area contributed by atoms with Gasteiger partial charge in [0, 0.05) is 6.54 Å². The van der Waals surface area contributed by atoms with Gasteiger partial charge in [-0.2, -0.15) is 16.7 Å². The van der Waals surface area contributed by atoms with Gasteiger partial charge in [-0.1, -0.05) is 11.6 Å². The first-order chi connectivity index (χ1) is 7.25. The Kier molecular flexibility index (Phi) is 3.88. The molecule has 15 heavy (non-hydrogen) atoms. The van der Waals surface area contributed by atoms with E-state index in [0.29, 0.717) is 11.7 Å². The summed E-state index contributed by atoms with van der Waals surface area (Å²) in [5.74, 6) is 3.63. The highest BCUT2D eigenvalue weighted by Crippen LogP contribution is 2.24. The molecule has 7 heteroatoms. The van der Waals surface area contributed by atoms with Crippen LogP contribution in [0.3, 0.4) is 0 Å². The molecule has 0 aromatic carbocycles. The van der Waals surface area contributed by atoms with Gasteiger partial charge in [0.1, 0.15) is 0 Å². The fourth-order valence-corrected chi connectivity index (χ4v) is 2.94. The number of aromatic nitrogens is 3. The van der Waals surface area contributed by atoms with Gasteiger partial charge in [-0.05, 0) is 35.4 Å². The SMILES string of the molecule is Clc1nnc(Cl)c(NCC2CCSC2)n1. The molecule has 0 bridgehead atoms. The topological polar surface area (TPSA) is 50.7 Å². The normalized spacial score (nSPS) is 20.5. The highest BCUT2D eigenvalue weighted by Gasteiger charge is 2.16. The molecule has 1 aliphatic heterocycles. The Morgan fingerprint density at radius 3 is 3.00 bits per heavy atom. The quantitative estimate of drug-likeness (QED) is 0.909. The van der Waals surface area contributed by atoms with Crippen molar-refractivity contribution in [2.45, 2.75) is 6.42 Å². The summed E-state index contributed by atoms with van der Waals surface area (Å²) in [5.41, 5.74) is 0. The molecular weight excluding hydrogens is 255 g/mol. The second-order valence-corrected chi connectivity index (χ2v) is 5.18. The maximum atomic E-state index is 5.82. The summed E-state index contributed by atoms with van der Waals surface area (Å²) < 4.78 is 0. The number of nitrogens with zero attached hydrogens (tertiary/aromatic N) is 3. The minimum Gasteiger partial charge on any atom is -0.367 e. The lowest BCUT2D eigenvalue weighted by atomic mass is 10.1. The van der Waals surface area contributed by atoms with Crippen LogP contribution in [0, 0.1) is 5.92 Å². The van der Waals surface area contributed by atoms with Crippen molar-refractivity contribution >= 4 is 40.8 Å². The van der Waals surface area contributed by atoms with E-state index in [1.807, 2.05) is 11.8 Å². The second-order valence-electron chi connectivity index (χ2n) is 3.33. The Hall–Kier alpha value is -0.260. The van der Waals surface area contributed by atoms with Crippen LogP contribution in [0.15, 0.2) is 0 Å². The third-order valence-corrected chi connectivity index (χ3v) is 3.85. The van der Waals surface area contributed by atoms with Gasteiger partial charge < -0.3 is 5.32 Å². The fourth-order valence-electron chi connectivity index (χ4n) is 1.39. The molecule has 2 rings (SSSR count). The van der Waals surface area contributed by atoms with Crippen molar-refractivity contribution in [3.8, 4) is 0 Å². The number of thioether (sulfide) groups is 1. The van der Waals surface area contributed by atoms with Crippen LogP contribution in [0.1, 0.15) is 6.42 Å². The zero-order chi connectivity index (χ0) is 10.7. The van der Waals surface area contributed by atoms with Crippen molar-refractivity contribution in [2.75, 3.05) is 23.4 Å². The predicted molar refractivity (Wildman–Crippen MR) is 63.8 cm³/mol. The van der Waals surface area contributed by atoms with Crippen LogP contribution < -0.4 is 5.32 Å². The summed E-state index contributed by atoms with van der Waals surface area (Å²) in [6, 6.07) is 0. The predicted octanol–water partition coefficient (Wildman–Crippen LogP) is 2.34. The summed E-state index contributed by atoms with van der Waals surface area (Å²) in [7, 11) is 0. The van der Waals surface area contributed by atoms with E-state index in [1.54, 1.807) is 0 Å². The Bertz CT molecular complexity index is 343. The molecule has 1 saturated heterocycles. The van der Waals surface area contributed by atoms with Crippen LogP contribution >= 0.6 is 35.0 Å². The summed E-state index contributed by atoms with van der Waals surface area (Å²) in [6.07, 6.45) is 1.24. The molecule has 0 amide bonds. The van der Waals surface area contributed by atoms with Crippen LogP contribution in [0.2, 0.25) is 10.4 Å². The van der Waals surface area contributed by atoms with E-state index in [-0.39, 0.29) is 10.4 Å². The lowest BCUT2D eigenvalue weighted by Crippen LogP contribution is -2.15. The molecule has 1 atom stereocenters. The van der Waals surface area contributed by atoms with E-state index in [0.717, 1.165) is 6.54 Å². The molecule has 0 radical (unpaired) electrons. The molecule has 1 aromatic heterocycles. The van der Waals surface area contributed by atoms with Crippen LogP contribution in [0.5, 0.6) is 0 Å². The molecule has 1 aliphatic rings. The van der Waals surface area contributed by atoms with Gasteiger partial charge in [0.2, 0.25) is 5.28 Å². The maximum Gasteiger partial charge on any atom is 0.245 e. The average molecular weight is 265 g/mol. The average Bonchev–Trinajstić information content (AvgIpc) is 2.72. The van der Waals surface area contributed by atoms with Gasteiger partial charge in [-0.25, -0.2) is 0 Å². The molecule has 1 aromatic rings. The molecular formula is C8H10Cl2N4S. The Labute approximate surface area is 102 Å². The molecule has 82 valence electrons. The van der Waals surface area contributed by atoms with E-state index in [1.165, 1.54) is 17.9 Å². The molecule has 0 saturated carbocycles. The van der Waals surface area contributed by atoms with Crippen molar-refractivity contribution in [1.29, 1.82) is 0 Å². The number of hydrogen-bond donors (Lipinski definition) is 1. The zero-order valence-electron chi connectivity index (χ0n) is 7.91. The van der Waals surface area contributed by atoms with Crippen molar-refractivity contribution in [1.82, 2.24) is 15.2 Å². The minimum absolute atomic E-state index is 0.114. The Morgan fingerprint density at radius 2 is 2.27 bits per heavy atom. The monoisotopic (exact) mass is 264 g/mol.